The molecule has 1 unspecified atom stereocenters. The number of likely N-dealkylation sites (N-methyl/N-ethyl adjacent to an activating group) is 1. The Morgan fingerprint density at radius 3 is 2.83 bits per heavy atom. The lowest BCUT2D eigenvalue weighted by Crippen LogP contribution is -2.52. The monoisotopic (exact) mass is 326 g/mol. The summed E-state index contributed by atoms with van der Waals surface area (Å²) in [5.41, 5.74) is -0.222. The summed E-state index contributed by atoms with van der Waals surface area (Å²) in [4.78, 5) is 18.1. The summed E-state index contributed by atoms with van der Waals surface area (Å²) in [5, 5.41) is 6.73. The highest BCUT2D eigenvalue weighted by atomic mass is 16.5. The number of aliphatic imine (C=N–C) groups is 1. The molecule has 23 heavy (non-hydrogen) atoms. The number of nitrogens with zero attached hydrogens (tertiary/aromatic N) is 2. The van der Waals surface area contributed by atoms with Gasteiger partial charge >= 0.3 is 0 Å². The van der Waals surface area contributed by atoms with Crippen LogP contribution in [-0.4, -0.2) is 75.4 Å². The molecule has 0 aromatic heterocycles. The van der Waals surface area contributed by atoms with E-state index in [9.17, 15) is 4.79 Å². The van der Waals surface area contributed by atoms with Crippen molar-refractivity contribution in [2.24, 2.45) is 4.99 Å². The van der Waals surface area contributed by atoms with Crippen LogP contribution in [0.2, 0.25) is 0 Å². The van der Waals surface area contributed by atoms with Gasteiger partial charge in [-0.25, -0.2) is 0 Å². The van der Waals surface area contributed by atoms with Gasteiger partial charge in [0.15, 0.2) is 5.96 Å². The number of guanidine groups is 1. The van der Waals surface area contributed by atoms with E-state index in [0.29, 0.717) is 19.5 Å². The number of hydrogen-bond donors (Lipinski definition) is 2. The SMILES string of the molecule is CCNC(=NCC1(OC)CCOCC1)NC1CCC(=O)N(C)C1. The lowest BCUT2D eigenvalue weighted by molar-refractivity contribution is -0.132. The molecule has 132 valence electrons. The maximum Gasteiger partial charge on any atom is 0.222 e. The van der Waals surface area contributed by atoms with Gasteiger partial charge in [0.25, 0.3) is 0 Å². The van der Waals surface area contributed by atoms with Gasteiger partial charge in [-0.15, -0.1) is 0 Å². The second-order valence-corrected chi connectivity index (χ2v) is 6.35. The van der Waals surface area contributed by atoms with Gasteiger partial charge in [0, 0.05) is 65.8 Å². The number of hydrogen-bond acceptors (Lipinski definition) is 4. The molecule has 0 bridgehead atoms. The first-order valence-electron chi connectivity index (χ1n) is 8.50. The number of amides is 1. The van der Waals surface area contributed by atoms with E-state index >= 15 is 0 Å². The zero-order valence-electron chi connectivity index (χ0n) is 14.6. The largest absolute Gasteiger partial charge is 0.381 e. The second-order valence-electron chi connectivity index (χ2n) is 6.35. The number of rotatable bonds is 5. The Kier molecular flexibility index (Phi) is 6.65. The van der Waals surface area contributed by atoms with E-state index in [1.54, 1.807) is 12.0 Å². The van der Waals surface area contributed by atoms with Crippen LogP contribution in [0.1, 0.15) is 32.6 Å². The molecule has 1 amide bonds. The van der Waals surface area contributed by atoms with Gasteiger partial charge in [-0.1, -0.05) is 0 Å². The molecule has 0 radical (unpaired) electrons. The van der Waals surface area contributed by atoms with Gasteiger partial charge in [0.2, 0.25) is 5.91 Å². The molecule has 2 fully saturated rings. The van der Waals surface area contributed by atoms with Crippen LogP contribution in [0.15, 0.2) is 4.99 Å². The van der Waals surface area contributed by atoms with Gasteiger partial charge < -0.3 is 25.0 Å². The molecular formula is C16H30N4O3. The number of methoxy groups -OCH3 is 1. The molecule has 0 spiro atoms. The summed E-state index contributed by atoms with van der Waals surface area (Å²) in [5.74, 6) is 1.01. The molecule has 0 aromatic carbocycles. The van der Waals surface area contributed by atoms with Crippen LogP contribution >= 0.6 is 0 Å². The molecule has 2 rings (SSSR count). The third-order valence-corrected chi connectivity index (χ3v) is 4.67. The number of likely N-dealkylation sites (tertiary alicyclic amines) is 1. The van der Waals surface area contributed by atoms with E-state index in [1.165, 1.54) is 0 Å². The van der Waals surface area contributed by atoms with E-state index in [1.807, 2.05) is 14.0 Å². The van der Waals surface area contributed by atoms with Gasteiger partial charge in [-0.05, 0) is 13.3 Å². The van der Waals surface area contributed by atoms with Gasteiger partial charge in [0.1, 0.15) is 0 Å². The van der Waals surface area contributed by atoms with Gasteiger partial charge in [-0.2, -0.15) is 0 Å². The van der Waals surface area contributed by atoms with Crippen LogP contribution in [0.25, 0.3) is 0 Å². The first-order valence-corrected chi connectivity index (χ1v) is 8.50. The molecule has 0 aliphatic carbocycles. The summed E-state index contributed by atoms with van der Waals surface area (Å²) in [6.07, 6.45) is 3.17. The topological polar surface area (TPSA) is 75.2 Å². The number of carbonyl (C=O) groups is 1. The highest BCUT2D eigenvalue weighted by Gasteiger charge is 2.32. The fourth-order valence-electron chi connectivity index (χ4n) is 3.04. The third kappa shape index (κ3) is 5.07. The molecule has 2 N–H and O–H groups in total. The van der Waals surface area contributed by atoms with Crippen molar-refractivity contribution in [1.29, 1.82) is 0 Å². The molecule has 7 heteroatoms. The Morgan fingerprint density at radius 2 is 2.22 bits per heavy atom. The number of ether oxygens (including phenoxy) is 2. The van der Waals surface area contributed by atoms with Crippen molar-refractivity contribution in [3.8, 4) is 0 Å². The summed E-state index contributed by atoms with van der Waals surface area (Å²) in [7, 11) is 3.60. The molecule has 2 heterocycles. The van der Waals surface area contributed by atoms with Crippen LogP contribution in [0, 0.1) is 0 Å². The van der Waals surface area contributed by atoms with Crippen molar-refractivity contribution < 1.29 is 14.3 Å². The van der Waals surface area contributed by atoms with Crippen molar-refractivity contribution >= 4 is 11.9 Å². The molecule has 7 nitrogen and oxygen atoms in total. The lowest BCUT2D eigenvalue weighted by atomic mass is 9.94. The molecular weight excluding hydrogens is 296 g/mol. The number of piperidine rings is 1. The Labute approximate surface area is 138 Å². The number of carbonyl (C=O) groups excluding carboxylic acids is 1. The Balaban J connectivity index is 1.95. The summed E-state index contributed by atoms with van der Waals surface area (Å²) < 4.78 is 11.2. The fourth-order valence-corrected chi connectivity index (χ4v) is 3.04. The minimum absolute atomic E-state index is 0.213. The Hall–Kier alpha value is -1.34. The summed E-state index contributed by atoms with van der Waals surface area (Å²) in [6, 6.07) is 0.240. The lowest BCUT2D eigenvalue weighted by Gasteiger charge is -2.35. The summed E-state index contributed by atoms with van der Waals surface area (Å²) in [6.45, 7) is 5.63. The van der Waals surface area contributed by atoms with Crippen molar-refractivity contribution in [3.05, 3.63) is 0 Å². The second kappa shape index (κ2) is 8.49. The molecule has 1 atom stereocenters. The van der Waals surface area contributed by atoms with Crippen LogP contribution in [-0.2, 0) is 14.3 Å². The van der Waals surface area contributed by atoms with Crippen LogP contribution in [0.4, 0.5) is 0 Å². The average Bonchev–Trinajstić information content (AvgIpc) is 2.57. The zero-order valence-corrected chi connectivity index (χ0v) is 14.6. The molecule has 0 saturated carbocycles. The van der Waals surface area contributed by atoms with E-state index < -0.39 is 0 Å². The highest BCUT2D eigenvalue weighted by Crippen LogP contribution is 2.24. The third-order valence-electron chi connectivity index (χ3n) is 4.67. The predicted octanol–water partition coefficient (Wildman–Crippen LogP) is 0.358. The minimum Gasteiger partial charge on any atom is -0.381 e. The standard InChI is InChI=1S/C16H30N4O3/c1-4-17-15(19-13-5-6-14(21)20(2)11-13)18-12-16(22-3)7-9-23-10-8-16/h13H,4-12H2,1-3H3,(H2,17,18,19). The fraction of sp³-hybridized carbons (Fsp3) is 0.875. The van der Waals surface area contributed by atoms with E-state index in [-0.39, 0.29) is 17.6 Å². The van der Waals surface area contributed by atoms with Crippen molar-refractivity contribution in [3.63, 3.8) is 0 Å². The summed E-state index contributed by atoms with van der Waals surface area (Å²) >= 11 is 0. The van der Waals surface area contributed by atoms with Crippen LogP contribution in [0.3, 0.4) is 0 Å². The molecule has 0 aromatic rings. The minimum atomic E-state index is -0.222. The molecule has 2 aliphatic heterocycles. The van der Waals surface area contributed by atoms with Crippen molar-refractivity contribution in [2.45, 2.75) is 44.2 Å². The maximum atomic E-state index is 11.6. The smallest absolute Gasteiger partial charge is 0.222 e. The van der Waals surface area contributed by atoms with E-state index in [2.05, 4.69) is 10.6 Å². The van der Waals surface area contributed by atoms with Crippen molar-refractivity contribution in [2.75, 3.05) is 47.0 Å². The molecule has 2 aliphatic rings. The normalized spacial score (nSPS) is 25.3. The van der Waals surface area contributed by atoms with Gasteiger partial charge in [-0.3, -0.25) is 9.79 Å². The first kappa shape index (κ1) is 18.0. The average molecular weight is 326 g/mol. The predicted molar refractivity (Wildman–Crippen MR) is 89.6 cm³/mol. The van der Waals surface area contributed by atoms with Crippen LogP contribution in [0.5, 0.6) is 0 Å². The number of nitrogens with one attached hydrogen (secondary N) is 2. The maximum absolute atomic E-state index is 11.6. The van der Waals surface area contributed by atoms with Crippen molar-refractivity contribution in [1.82, 2.24) is 15.5 Å². The van der Waals surface area contributed by atoms with Gasteiger partial charge in [0.05, 0.1) is 12.1 Å². The Morgan fingerprint density at radius 1 is 1.48 bits per heavy atom. The van der Waals surface area contributed by atoms with E-state index in [0.717, 1.165) is 45.0 Å². The Bertz CT molecular complexity index is 422. The first-order chi connectivity index (χ1) is 11.1. The quantitative estimate of drug-likeness (QED) is 0.563. The molecule has 2 saturated heterocycles. The highest BCUT2D eigenvalue weighted by molar-refractivity contribution is 5.81. The van der Waals surface area contributed by atoms with E-state index in [4.69, 9.17) is 14.5 Å². The van der Waals surface area contributed by atoms with Crippen LogP contribution < -0.4 is 10.6 Å². The zero-order chi connectivity index (χ0) is 16.7.